The van der Waals surface area contributed by atoms with Crippen molar-refractivity contribution in [3.8, 4) is 0 Å². The molecule has 96 valence electrons. The number of rotatable bonds is 4. The summed E-state index contributed by atoms with van der Waals surface area (Å²) in [4.78, 5) is 2.09. The highest BCUT2D eigenvalue weighted by atomic mass is 19.4. The van der Waals surface area contributed by atoms with E-state index in [1.807, 2.05) is 6.92 Å². The van der Waals surface area contributed by atoms with Crippen molar-refractivity contribution >= 4 is 0 Å². The summed E-state index contributed by atoms with van der Waals surface area (Å²) in [6, 6.07) is 0.181. The van der Waals surface area contributed by atoms with Crippen molar-refractivity contribution in [2.24, 2.45) is 11.7 Å². The van der Waals surface area contributed by atoms with Crippen LogP contribution in [0.15, 0.2) is 0 Å². The maximum atomic E-state index is 12.4. The number of hydrogen-bond acceptors (Lipinski definition) is 2. The molecule has 1 heterocycles. The predicted molar refractivity (Wildman–Crippen MR) is 58.1 cm³/mol. The van der Waals surface area contributed by atoms with Crippen LogP contribution in [0, 0.1) is 5.92 Å². The largest absolute Gasteiger partial charge is 0.391 e. The third-order valence-corrected chi connectivity index (χ3v) is 3.39. The lowest BCUT2D eigenvalue weighted by Gasteiger charge is -2.33. The summed E-state index contributed by atoms with van der Waals surface area (Å²) in [5.74, 6) is -1.09. The fraction of sp³-hybridized carbons (Fsp3) is 1.00. The molecule has 1 saturated heterocycles. The molecule has 0 aromatic carbocycles. The predicted octanol–water partition coefficient (Wildman–Crippen LogP) is 2.39. The quantitative estimate of drug-likeness (QED) is 0.814. The molecule has 0 spiro atoms. The van der Waals surface area contributed by atoms with E-state index in [1.165, 1.54) is 0 Å². The van der Waals surface area contributed by atoms with Crippen molar-refractivity contribution in [3.05, 3.63) is 0 Å². The van der Waals surface area contributed by atoms with Gasteiger partial charge in [-0.1, -0.05) is 6.92 Å². The molecule has 0 bridgehead atoms. The molecule has 0 aromatic heterocycles. The van der Waals surface area contributed by atoms with Gasteiger partial charge in [0.05, 0.1) is 5.92 Å². The summed E-state index contributed by atoms with van der Waals surface area (Å²) >= 11 is 0. The SMILES string of the molecule is CCC(N)CCN1CCC(C(F)(F)F)CC1. The van der Waals surface area contributed by atoms with Crippen molar-refractivity contribution in [2.45, 2.75) is 44.8 Å². The topological polar surface area (TPSA) is 29.3 Å². The average Bonchev–Trinajstić information content (AvgIpc) is 2.25. The molecule has 0 saturated carbocycles. The first kappa shape index (κ1) is 13.8. The van der Waals surface area contributed by atoms with E-state index in [1.54, 1.807) is 0 Å². The first-order valence-electron chi connectivity index (χ1n) is 5.98. The van der Waals surface area contributed by atoms with E-state index in [2.05, 4.69) is 4.90 Å². The lowest BCUT2D eigenvalue weighted by Crippen LogP contribution is -2.40. The molecule has 1 aliphatic heterocycles. The van der Waals surface area contributed by atoms with Crippen LogP contribution in [0.5, 0.6) is 0 Å². The summed E-state index contributed by atoms with van der Waals surface area (Å²) < 4.78 is 37.2. The fourth-order valence-electron chi connectivity index (χ4n) is 2.04. The van der Waals surface area contributed by atoms with Crippen molar-refractivity contribution in [1.82, 2.24) is 4.90 Å². The minimum Gasteiger partial charge on any atom is -0.328 e. The molecule has 1 fully saturated rings. The van der Waals surface area contributed by atoms with Crippen LogP contribution in [0.2, 0.25) is 0 Å². The van der Waals surface area contributed by atoms with Crippen LogP contribution >= 0.6 is 0 Å². The molecule has 1 rings (SSSR count). The number of hydrogen-bond donors (Lipinski definition) is 1. The van der Waals surface area contributed by atoms with Crippen molar-refractivity contribution < 1.29 is 13.2 Å². The Labute approximate surface area is 95.0 Å². The second-order valence-corrected chi connectivity index (χ2v) is 4.61. The Morgan fingerprint density at radius 3 is 2.31 bits per heavy atom. The first-order valence-corrected chi connectivity index (χ1v) is 5.98. The zero-order chi connectivity index (χ0) is 12.2. The normalized spacial score (nSPS) is 22.3. The molecule has 2 N–H and O–H groups in total. The van der Waals surface area contributed by atoms with Gasteiger partial charge in [-0.15, -0.1) is 0 Å². The van der Waals surface area contributed by atoms with Crippen LogP contribution in [0.4, 0.5) is 13.2 Å². The Morgan fingerprint density at radius 2 is 1.88 bits per heavy atom. The summed E-state index contributed by atoms with van der Waals surface area (Å²) in [5.41, 5.74) is 5.78. The summed E-state index contributed by atoms with van der Waals surface area (Å²) in [5, 5.41) is 0. The van der Waals surface area contributed by atoms with Crippen LogP contribution in [0.25, 0.3) is 0 Å². The van der Waals surface area contributed by atoms with Crippen molar-refractivity contribution in [1.29, 1.82) is 0 Å². The van der Waals surface area contributed by atoms with Gasteiger partial charge in [-0.25, -0.2) is 0 Å². The summed E-state index contributed by atoms with van der Waals surface area (Å²) in [7, 11) is 0. The molecule has 16 heavy (non-hydrogen) atoms. The number of alkyl halides is 3. The lowest BCUT2D eigenvalue weighted by atomic mass is 9.96. The van der Waals surface area contributed by atoms with Crippen molar-refractivity contribution in [2.75, 3.05) is 19.6 Å². The minimum atomic E-state index is -4.01. The maximum Gasteiger partial charge on any atom is 0.391 e. The van der Waals surface area contributed by atoms with E-state index in [-0.39, 0.29) is 18.9 Å². The zero-order valence-corrected chi connectivity index (χ0v) is 9.76. The molecule has 1 atom stereocenters. The molecule has 0 amide bonds. The van der Waals surface area contributed by atoms with Crippen LogP contribution in [0.3, 0.4) is 0 Å². The minimum absolute atomic E-state index is 0.181. The molecule has 0 radical (unpaired) electrons. The molecule has 5 heteroatoms. The smallest absolute Gasteiger partial charge is 0.328 e. The highest BCUT2D eigenvalue weighted by molar-refractivity contribution is 4.77. The molecule has 1 aliphatic rings. The van der Waals surface area contributed by atoms with E-state index in [0.29, 0.717) is 13.1 Å². The average molecular weight is 238 g/mol. The van der Waals surface area contributed by atoms with Gasteiger partial charge < -0.3 is 10.6 Å². The molecule has 0 aromatic rings. The van der Waals surface area contributed by atoms with Gasteiger partial charge in [0.2, 0.25) is 0 Å². The standard InChI is InChI=1S/C11H21F3N2/c1-2-10(15)5-8-16-6-3-9(4-7-16)11(12,13)14/h9-10H,2-8,15H2,1H3. The monoisotopic (exact) mass is 238 g/mol. The van der Waals surface area contributed by atoms with Gasteiger partial charge in [0.15, 0.2) is 0 Å². The highest BCUT2D eigenvalue weighted by Crippen LogP contribution is 2.33. The Balaban J connectivity index is 2.22. The van der Waals surface area contributed by atoms with E-state index in [9.17, 15) is 13.2 Å². The van der Waals surface area contributed by atoms with Gasteiger partial charge in [-0.2, -0.15) is 13.2 Å². The number of nitrogens with zero attached hydrogens (tertiary/aromatic N) is 1. The van der Waals surface area contributed by atoms with Crippen LogP contribution in [-0.2, 0) is 0 Å². The van der Waals surface area contributed by atoms with E-state index < -0.39 is 12.1 Å². The summed E-state index contributed by atoms with van der Waals surface area (Å²) in [6.45, 7) is 3.97. The van der Waals surface area contributed by atoms with E-state index >= 15 is 0 Å². The Kier molecular flexibility index (Phi) is 5.05. The molecule has 2 nitrogen and oxygen atoms in total. The van der Waals surface area contributed by atoms with Gasteiger partial charge in [-0.05, 0) is 45.3 Å². The molecular formula is C11H21F3N2. The third-order valence-electron chi connectivity index (χ3n) is 3.39. The molecular weight excluding hydrogens is 217 g/mol. The van der Waals surface area contributed by atoms with Crippen LogP contribution < -0.4 is 5.73 Å². The fourth-order valence-corrected chi connectivity index (χ4v) is 2.04. The Bertz CT molecular complexity index is 198. The number of piperidine rings is 1. The Morgan fingerprint density at radius 1 is 1.31 bits per heavy atom. The third kappa shape index (κ3) is 4.29. The van der Waals surface area contributed by atoms with Gasteiger partial charge in [-0.3, -0.25) is 0 Å². The number of likely N-dealkylation sites (tertiary alicyclic amines) is 1. The number of nitrogens with two attached hydrogens (primary N) is 1. The van der Waals surface area contributed by atoms with Crippen LogP contribution in [-0.4, -0.2) is 36.8 Å². The highest BCUT2D eigenvalue weighted by Gasteiger charge is 2.40. The van der Waals surface area contributed by atoms with Gasteiger partial charge >= 0.3 is 6.18 Å². The number of halogens is 3. The summed E-state index contributed by atoms with van der Waals surface area (Å²) in [6.07, 6.45) is -1.71. The first-order chi connectivity index (χ1) is 7.43. The van der Waals surface area contributed by atoms with Gasteiger partial charge in [0.25, 0.3) is 0 Å². The molecule has 1 unspecified atom stereocenters. The second-order valence-electron chi connectivity index (χ2n) is 4.61. The van der Waals surface area contributed by atoms with E-state index in [4.69, 9.17) is 5.73 Å². The van der Waals surface area contributed by atoms with Gasteiger partial charge in [0.1, 0.15) is 0 Å². The van der Waals surface area contributed by atoms with Gasteiger partial charge in [0, 0.05) is 6.04 Å². The van der Waals surface area contributed by atoms with Crippen LogP contribution in [0.1, 0.15) is 32.6 Å². The second kappa shape index (κ2) is 5.87. The Hall–Kier alpha value is -0.290. The maximum absolute atomic E-state index is 12.4. The molecule has 0 aliphatic carbocycles. The van der Waals surface area contributed by atoms with E-state index in [0.717, 1.165) is 19.4 Å². The zero-order valence-electron chi connectivity index (χ0n) is 9.76. The van der Waals surface area contributed by atoms with Crippen molar-refractivity contribution in [3.63, 3.8) is 0 Å². The lowest BCUT2D eigenvalue weighted by molar-refractivity contribution is -0.185.